The summed E-state index contributed by atoms with van der Waals surface area (Å²) in [7, 11) is -45.4. The molecule has 0 unspecified atom stereocenters. The Hall–Kier alpha value is 3.26. The molecule has 0 spiro atoms. The molecular weight excluding hydrogens is 1230 g/mol. The Morgan fingerprint density at radius 1 is 0.137 bits per heavy atom. The van der Waals surface area contributed by atoms with Crippen LogP contribution in [0.25, 0.3) is 0 Å². The fourth-order valence-electron chi connectivity index (χ4n) is 11.3. The molecule has 0 aromatic rings. The predicted octanol–water partition coefficient (Wildman–Crippen LogP) is 14.7. The minimum Gasteiger partial charge on any atom is -0.437 e. The van der Waals surface area contributed by atoms with Crippen molar-refractivity contribution in [3.05, 3.63) is 0 Å². The standard InChI is InChI=1S/C39H116O16Si18/c1-56(2,3)40-60(11,12)44-64(19,20)48-68(27,28)52-72(35,36)54-70(31,32)50-66(23,24)46-62(15,16)42-58(7,8)39-59(9,10)43-63(17,18)47-67(25,26)51-71(33,34)55-73(37,38)53-69(29,30)49-65(21,22)45-61(13,14)41-57(4,5)6/h39H2,1-38H3. The van der Waals surface area contributed by atoms with Crippen LogP contribution in [0.3, 0.4) is 0 Å². The molecule has 0 rings (SSSR count). The van der Waals surface area contributed by atoms with E-state index in [0.29, 0.717) is 0 Å². The Labute approximate surface area is 469 Å². The highest BCUT2D eigenvalue weighted by molar-refractivity contribution is 6.98. The molecule has 0 radical (unpaired) electrons. The Kier molecular flexibility index (Phi) is 26.4. The lowest BCUT2D eigenvalue weighted by Crippen LogP contribution is -2.62. The van der Waals surface area contributed by atoms with E-state index in [-0.39, 0.29) is 0 Å². The van der Waals surface area contributed by atoms with Gasteiger partial charge in [0.15, 0.2) is 33.3 Å². The average Bonchev–Trinajstić information content (AvgIpc) is 2.82. The molecule has 0 heterocycles. The van der Waals surface area contributed by atoms with E-state index in [2.05, 4.69) is 249 Å². The summed E-state index contributed by atoms with van der Waals surface area (Å²) in [5.74, 6) is 0. The maximum Gasteiger partial charge on any atom is 0.314 e. The summed E-state index contributed by atoms with van der Waals surface area (Å²) >= 11 is 0. The van der Waals surface area contributed by atoms with Gasteiger partial charge in [-0.3, -0.25) is 0 Å². The molecule has 16 nitrogen and oxygen atoms in total. The van der Waals surface area contributed by atoms with Crippen molar-refractivity contribution in [2.45, 2.75) is 254 Å². The van der Waals surface area contributed by atoms with E-state index < -0.39 is 153 Å². The molecule has 0 fully saturated rings. The first-order chi connectivity index (χ1) is 31.0. The highest BCUT2D eigenvalue weighted by Gasteiger charge is 2.53. The molecule has 0 N–H and O–H groups in total. The first kappa shape index (κ1) is 76.3. The SMILES string of the molecule is C[Si](C)(C)O[Si](C)(C)O[Si](C)(C)O[Si](C)(C)O[Si](C)(C)O[Si](C)(C)O[Si](C)(C)O[Si](C)(C)O[Si](C)(C)C[Si](C)(C)O[Si](C)(C)O[Si](C)(C)O[Si](C)(C)O[Si](C)(C)O[Si](C)(C)O[Si](C)(C)O[Si](C)(C)O[Si](C)(C)C. The van der Waals surface area contributed by atoms with Gasteiger partial charge in [-0.05, 0) is 254 Å². The molecule has 0 saturated carbocycles. The third-order valence-electron chi connectivity index (χ3n) is 8.90. The van der Waals surface area contributed by atoms with Gasteiger partial charge in [0.2, 0.25) is 0 Å². The molecule has 0 aromatic carbocycles. The van der Waals surface area contributed by atoms with E-state index in [9.17, 15) is 0 Å². The van der Waals surface area contributed by atoms with Crippen molar-refractivity contribution in [3.63, 3.8) is 0 Å². The summed E-state index contributed by atoms with van der Waals surface area (Å²) in [5, 5.41) is 0. The molecule has 0 aliphatic heterocycles. The van der Waals surface area contributed by atoms with Crippen molar-refractivity contribution >= 4 is 153 Å². The fourth-order valence-corrected chi connectivity index (χ4v) is 108. The second-order valence-corrected chi connectivity index (χ2v) is 98.3. The van der Waals surface area contributed by atoms with Crippen molar-refractivity contribution < 1.29 is 65.8 Å². The topological polar surface area (TPSA) is 148 Å². The van der Waals surface area contributed by atoms with Gasteiger partial charge in [-0.15, -0.1) is 0 Å². The molecule has 0 aromatic heterocycles. The van der Waals surface area contributed by atoms with E-state index in [1.54, 1.807) is 0 Å². The molecule has 0 atom stereocenters. The van der Waals surface area contributed by atoms with Gasteiger partial charge >= 0.3 is 120 Å². The lowest BCUT2D eigenvalue weighted by Gasteiger charge is -2.45. The number of rotatable bonds is 34. The van der Waals surface area contributed by atoms with Crippen molar-refractivity contribution in [1.82, 2.24) is 0 Å². The molecule has 0 aliphatic carbocycles. The summed E-state index contributed by atoms with van der Waals surface area (Å²) < 4.78 is 109. The van der Waals surface area contributed by atoms with Crippen LogP contribution < -0.4 is 0 Å². The second-order valence-electron chi connectivity index (χ2n) is 29.2. The summed E-state index contributed by atoms with van der Waals surface area (Å²) in [6.45, 7) is 81.1. The minimum atomic E-state index is -2.76. The lowest BCUT2D eigenvalue weighted by atomic mass is 11.8. The van der Waals surface area contributed by atoms with Crippen molar-refractivity contribution in [3.8, 4) is 0 Å². The highest BCUT2D eigenvalue weighted by Crippen LogP contribution is 2.35. The van der Waals surface area contributed by atoms with Gasteiger partial charge < -0.3 is 65.8 Å². The van der Waals surface area contributed by atoms with Crippen LogP contribution in [0.2, 0.25) is 254 Å². The predicted molar refractivity (Wildman–Crippen MR) is 349 cm³/mol. The fraction of sp³-hybridized carbons (Fsp3) is 1.00. The molecule has 0 saturated heterocycles. The molecule has 0 amide bonds. The van der Waals surface area contributed by atoms with Gasteiger partial charge in [0.05, 0.1) is 0 Å². The summed E-state index contributed by atoms with van der Waals surface area (Å²) in [4.78, 5) is 0. The monoisotopic (exact) mass is 1340 g/mol. The van der Waals surface area contributed by atoms with Crippen LogP contribution in [0.15, 0.2) is 0 Å². The van der Waals surface area contributed by atoms with Gasteiger partial charge in [-0.2, -0.15) is 0 Å². The molecule has 73 heavy (non-hydrogen) atoms. The van der Waals surface area contributed by atoms with Crippen LogP contribution in [0.1, 0.15) is 0 Å². The number of hydrogen-bond donors (Lipinski definition) is 0. The Morgan fingerprint density at radius 2 is 0.233 bits per heavy atom. The lowest BCUT2D eigenvalue weighted by molar-refractivity contribution is 0.256. The maximum atomic E-state index is 7.14. The summed E-state index contributed by atoms with van der Waals surface area (Å²) in [5.41, 5.74) is 0.876. The Morgan fingerprint density at radius 3 is 0.342 bits per heavy atom. The average molecular weight is 1350 g/mol. The van der Waals surface area contributed by atoms with Gasteiger partial charge in [-0.25, -0.2) is 0 Å². The van der Waals surface area contributed by atoms with Crippen LogP contribution in [-0.4, -0.2) is 153 Å². The maximum absolute atomic E-state index is 7.14. The van der Waals surface area contributed by atoms with Gasteiger partial charge in [-0.1, -0.05) is 0 Å². The van der Waals surface area contributed by atoms with E-state index >= 15 is 0 Å². The smallest absolute Gasteiger partial charge is 0.314 e. The van der Waals surface area contributed by atoms with Crippen LogP contribution in [0, 0.1) is 0 Å². The molecule has 440 valence electrons. The molecule has 34 heteroatoms. The van der Waals surface area contributed by atoms with E-state index in [4.69, 9.17) is 65.8 Å². The zero-order valence-electron chi connectivity index (χ0n) is 54.2. The molecular formula is C39H116O16Si18. The Balaban J connectivity index is 5.77. The zero-order valence-corrected chi connectivity index (χ0v) is 72.2. The van der Waals surface area contributed by atoms with E-state index in [0.717, 1.165) is 5.67 Å². The van der Waals surface area contributed by atoms with Gasteiger partial charge in [0.25, 0.3) is 0 Å². The van der Waals surface area contributed by atoms with Crippen molar-refractivity contribution in [1.29, 1.82) is 0 Å². The van der Waals surface area contributed by atoms with Gasteiger partial charge in [0, 0.05) is 0 Å². The van der Waals surface area contributed by atoms with Crippen molar-refractivity contribution in [2.75, 3.05) is 0 Å². The minimum absolute atomic E-state index is 0.876. The van der Waals surface area contributed by atoms with Gasteiger partial charge in [0.1, 0.15) is 0 Å². The first-order valence-electron chi connectivity index (χ1n) is 26.2. The quantitative estimate of drug-likeness (QED) is 0.0562. The number of hydrogen-bond acceptors (Lipinski definition) is 16. The Bertz CT molecular complexity index is 1640. The summed E-state index contributed by atoms with van der Waals surface area (Å²) in [6.07, 6.45) is 0. The molecule has 0 bridgehead atoms. The van der Waals surface area contributed by atoms with Crippen LogP contribution in [-0.2, 0) is 65.8 Å². The third-order valence-corrected chi connectivity index (χ3v) is 80.1. The second kappa shape index (κ2) is 25.2. The van der Waals surface area contributed by atoms with Crippen LogP contribution in [0.4, 0.5) is 0 Å². The first-order valence-corrected chi connectivity index (χ1v) is 78.7. The third kappa shape index (κ3) is 36.5. The van der Waals surface area contributed by atoms with E-state index in [1.807, 2.05) is 0 Å². The van der Waals surface area contributed by atoms with Crippen LogP contribution >= 0.6 is 0 Å². The largest absolute Gasteiger partial charge is 0.437 e. The zero-order chi connectivity index (χ0) is 59.0. The molecule has 0 aliphatic rings. The normalized spacial score (nSPS) is 16.2. The summed E-state index contributed by atoms with van der Waals surface area (Å²) in [6, 6.07) is 0. The highest BCUT2D eigenvalue weighted by atomic mass is 28.5. The van der Waals surface area contributed by atoms with E-state index in [1.165, 1.54) is 0 Å². The van der Waals surface area contributed by atoms with Crippen molar-refractivity contribution in [2.24, 2.45) is 0 Å². The van der Waals surface area contributed by atoms with Crippen LogP contribution in [0.5, 0.6) is 0 Å².